The van der Waals surface area contributed by atoms with E-state index < -0.39 is 10.0 Å². The van der Waals surface area contributed by atoms with Crippen LogP contribution in [0.5, 0.6) is 0 Å². The molecule has 0 aliphatic carbocycles. The van der Waals surface area contributed by atoms with Crippen LogP contribution in [0.2, 0.25) is 5.02 Å². The highest BCUT2D eigenvalue weighted by atomic mass is 35.5. The smallest absolute Gasteiger partial charge is 0.264 e. The third kappa shape index (κ3) is 3.19. The molecule has 0 aliphatic heterocycles. The van der Waals surface area contributed by atoms with Crippen molar-refractivity contribution in [3.63, 3.8) is 0 Å². The van der Waals surface area contributed by atoms with Gasteiger partial charge in [0, 0.05) is 17.4 Å². The van der Waals surface area contributed by atoms with E-state index >= 15 is 0 Å². The van der Waals surface area contributed by atoms with Crippen molar-refractivity contribution in [1.29, 1.82) is 0 Å². The Balaban J connectivity index is 2.32. The summed E-state index contributed by atoms with van der Waals surface area (Å²) in [4.78, 5) is 7.52. The van der Waals surface area contributed by atoms with Crippen molar-refractivity contribution in [3.8, 4) is 0 Å². The van der Waals surface area contributed by atoms with Gasteiger partial charge in [-0.3, -0.25) is 0 Å². The van der Waals surface area contributed by atoms with E-state index in [0.717, 1.165) is 0 Å². The van der Waals surface area contributed by atoms with E-state index in [4.69, 9.17) is 16.7 Å². The summed E-state index contributed by atoms with van der Waals surface area (Å²) in [5.41, 5.74) is 0.455. The van der Waals surface area contributed by atoms with Gasteiger partial charge in [-0.15, -0.1) is 0 Å². The molecule has 0 unspecified atom stereocenters. The Morgan fingerprint density at radius 2 is 1.95 bits per heavy atom. The quantitative estimate of drug-likeness (QED) is 0.891. The molecule has 0 radical (unpaired) electrons. The number of hydrogen-bond acceptors (Lipinski definition) is 5. The van der Waals surface area contributed by atoms with Crippen molar-refractivity contribution < 1.29 is 13.5 Å². The summed E-state index contributed by atoms with van der Waals surface area (Å²) < 4.78 is 26.3. The van der Waals surface area contributed by atoms with Gasteiger partial charge in [-0.2, -0.15) is 0 Å². The molecule has 1 aromatic heterocycles. The SMILES string of the molecule is O=S(=O)(Nc1ncccn1)c1ccc(CO)c(Cl)c1. The van der Waals surface area contributed by atoms with Crippen LogP contribution in [-0.2, 0) is 16.6 Å². The van der Waals surface area contributed by atoms with E-state index in [9.17, 15) is 8.42 Å². The molecule has 19 heavy (non-hydrogen) atoms. The summed E-state index contributed by atoms with van der Waals surface area (Å²) in [6.45, 7) is -0.256. The number of aliphatic hydroxyl groups excluding tert-OH is 1. The number of halogens is 1. The van der Waals surface area contributed by atoms with Crippen LogP contribution in [0.1, 0.15) is 5.56 Å². The van der Waals surface area contributed by atoms with Crippen LogP contribution in [0.25, 0.3) is 0 Å². The first-order valence-electron chi connectivity index (χ1n) is 5.22. The van der Waals surface area contributed by atoms with Crippen molar-refractivity contribution in [3.05, 3.63) is 47.2 Å². The van der Waals surface area contributed by atoms with E-state index in [1.54, 1.807) is 6.07 Å². The molecule has 1 aromatic carbocycles. The molecule has 100 valence electrons. The van der Waals surface area contributed by atoms with Gasteiger partial charge < -0.3 is 5.11 Å². The summed E-state index contributed by atoms with van der Waals surface area (Å²) in [7, 11) is -3.80. The maximum atomic E-state index is 12.0. The van der Waals surface area contributed by atoms with Crippen LogP contribution >= 0.6 is 11.6 Å². The fourth-order valence-electron chi connectivity index (χ4n) is 1.35. The topological polar surface area (TPSA) is 92.2 Å². The Labute approximate surface area is 115 Å². The third-order valence-corrected chi connectivity index (χ3v) is 3.97. The van der Waals surface area contributed by atoms with Gasteiger partial charge in [0.1, 0.15) is 0 Å². The number of rotatable bonds is 4. The van der Waals surface area contributed by atoms with Crippen LogP contribution in [0.4, 0.5) is 5.95 Å². The van der Waals surface area contributed by atoms with Gasteiger partial charge >= 0.3 is 0 Å². The summed E-state index contributed by atoms with van der Waals surface area (Å²) in [5, 5.41) is 9.16. The van der Waals surface area contributed by atoms with E-state index in [-0.39, 0.29) is 22.5 Å². The minimum absolute atomic E-state index is 0.0233. The van der Waals surface area contributed by atoms with E-state index in [1.807, 2.05) is 0 Å². The van der Waals surface area contributed by atoms with Gasteiger partial charge in [-0.25, -0.2) is 23.1 Å². The number of aromatic nitrogens is 2. The van der Waals surface area contributed by atoms with Gasteiger partial charge in [0.25, 0.3) is 10.0 Å². The molecular weight excluding hydrogens is 290 g/mol. The molecule has 0 atom stereocenters. The summed E-state index contributed by atoms with van der Waals surface area (Å²) in [5.74, 6) is -0.0233. The van der Waals surface area contributed by atoms with Crippen molar-refractivity contribution >= 4 is 27.6 Å². The first-order chi connectivity index (χ1) is 9.03. The Hall–Kier alpha value is -1.70. The second-order valence-corrected chi connectivity index (χ2v) is 5.68. The molecule has 0 spiro atoms. The summed E-state index contributed by atoms with van der Waals surface area (Å²) >= 11 is 5.86. The van der Waals surface area contributed by atoms with Crippen LogP contribution in [0.15, 0.2) is 41.6 Å². The minimum atomic E-state index is -3.80. The highest BCUT2D eigenvalue weighted by molar-refractivity contribution is 7.92. The predicted octanol–water partition coefficient (Wildman–Crippen LogP) is 1.42. The predicted molar refractivity (Wildman–Crippen MR) is 70.2 cm³/mol. The number of nitrogens with one attached hydrogen (secondary N) is 1. The average molecular weight is 300 g/mol. The normalized spacial score (nSPS) is 11.3. The molecule has 2 aromatic rings. The van der Waals surface area contributed by atoms with Crippen LogP contribution in [-0.4, -0.2) is 23.5 Å². The summed E-state index contributed by atoms with van der Waals surface area (Å²) in [6.07, 6.45) is 2.85. The standard InChI is InChI=1S/C11H10ClN3O3S/c12-10-6-9(3-2-8(10)7-16)19(17,18)15-11-13-4-1-5-14-11/h1-6,16H,7H2,(H,13,14,15). The Kier molecular flexibility index (Phi) is 3.98. The Morgan fingerprint density at radius 1 is 1.26 bits per heavy atom. The van der Waals surface area contributed by atoms with Crippen LogP contribution < -0.4 is 4.72 Å². The Morgan fingerprint density at radius 3 is 2.53 bits per heavy atom. The van der Waals surface area contributed by atoms with Gasteiger partial charge in [0.05, 0.1) is 11.5 Å². The number of sulfonamides is 1. The first kappa shape index (κ1) is 13.7. The lowest BCUT2D eigenvalue weighted by Gasteiger charge is -2.08. The molecular formula is C11H10ClN3O3S. The molecule has 1 heterocycles. The molecule has 0 saturated carbocycles. The molecule has 2 rings (SSSR count). The number of benzene rings is 1. The van der Waals surface area contributed by atoms with E-state index in [1.165, 1.54) is 30.6 Å². The van der Waals surface area contributed by atoms with Crippen molar-refractivity contribution in [2.24, 2.45) is 0 Å². The third-order valence-electron chi connectivity index (χ3n) is 2.30. The molecule has 0 amide bonds. The molecule has 8 heteroatoms. The van der Waals surface area contributed by atoms with Crippen molar-refractivity contribution in [1.82, 2.24) is 9.97 Å². The highest BCUT2D eigenvalue weighted by Gasteiger charge is 2.16. The van der Waals surface area contributed by atoms with Crippen LogP contribution in [0.3, 0.4) is 0 Å². The lowest BCUT2D eigenvalue weighted by molar-refractivity contribution is 0.282. The molecule has 0 bridgehead atoms. The zero-order chi connectivity index (χ0) is 13.9. The fraction of sp³-hybridized carbons (Fsp3) is 0.0909. The molecule has 2 N–H and O–H groups in total. The lowest BCUT2D eigenvalue weighted by Crippen LogP contribution is -2.15. The number of hydrogen-bond donors (Lipinski definition) is 2. The minimum Gasteiger partial charge on any atom is -0.392 e. The zero-order valence-electron chi connectivity index (χ0n) is 9.62. The second kappa shape index (κ2) is 5.52. The van der Waals surface area contributed by atoms with Crippen LogP contribution in [0, 0.1) is 0 Å². The number of anilines is 1. The van der Waals surface area contributed by atoms with E-state index in [0.29, 0.717) is 5.56 Å². The second-order valence-electron chi connectivity index (χ2n) is 3.59. The van der Waals surface area contributed by atoms with Crippen molar-refractivity contribution in [2.75, 3.05) is 4.72 Å². The number of nitrogens with zero attached hydrogens (tertiary/aromatic N) is 2. The van der Waals surface area contributed by atoms with E-state index in [2.05, 4.69) is 14.7 Å². The van der Waals surface area contributed by atoms with Gasteiger partial charge in [-0.1, -0.05) is 17.7 Å². The van der Waals surface area contributed by atoms with Gasteiger partial charge in [-0.05, 0) is 23.8 Å². The van der Waals surface area contributed by atoms with Gasteiger partial charge in [0.2, 0.25) is 5.95 Å². The zero-order valence-corrected chi connectivity index (χ0v) is 11.2. The molecule has 6 nitrogen and oxygen atoms in total. The maximum absolute atomic E-state index is 12.0. The summed E-state index contributed by atoms with van der Waals surface area (Å²) in [6, 6.07) is 5.63. The van der Waals surface area contributed by atoms with Gasteiger partial charge in [0.15, 0.2) is 0 Å². The molecule has 0 fully saturated rings. The molecule has 0 aliphatic rings. The number of aliphatic hydroxyl groups is 1. The largest absolute Gasteiger partial charge is 0.392 e. The monoisotopic (exact) mass is 299 g/mol. The Bertz CT molecular complexity index is 677. The maximum Gasteiger partial charge on any atom is 0.264 e. The highest BCUT2D eigenvalue weighted by Crippen LogP contribution is 2.21. The first-order valence-corrected chi connectivity index (χ1v) is 7.08. The molecule has 0 saturated heterocycles. The fourth-order valence-corrected chi connectivity index (χ4v) is 2.64. The van der Waals surface area contributed by atoms with Crippen molar-refractivity contribution in [2.45, 2.75) is 11.5 Å². The average Bonchev–Trinajstić information content (AvgIpc) is 2.39. The lowest BCUT2D eigenvalue weighted by atomic mass is 10.2.